The van der Waals surface area contributed by atoms with Crippen LogP contribution in [-0.2, 0) is 0 Å². The minimum Gasteiger partial charge on any atom is -0.454 e. The smallest absolute Gasteiger partial charge is 0.231 e. The number of nitrogens with one attached hydrogen (secondary N) is 1. The Morgan fingerprint density at radius 2 is 1.79 bits per heavy atom. The lowest BCUT2D eigenvalue weighted by Crippen LogP contribution is -2.17. The molecule has 0 saturated heterocycles. The summed E-state index contributed by atoms with van der Waals surface area (Å²) in [6.45, 7) is 9.69. The van der Waals surface area contributed by atoms with Crippen LogP contribution >= 0.6 is 0 Å². The van der Waals surface area contributed by atoms with E-state index in [1.54, 1.807) is 0 Å². The normalized spacial score (nSPS) is 13.4. The summed E-state index contributed by atoms with van der Waals surface area (Å²) in [5.41, 5.74) is 2.15. The van der Waals surface area contributed by atoms with E-state index in [0.717, 1.165) is 36.6 Å². The van der Waals surface area contributed by atoms with Gasteiger partial charge in [-0.25, -0.2) is 0 Å². The molecule has 0 spiro atoms. The van der Waals surface area contributed by atoms with Gasteiger partial charge < -0.3 is 14.8 Å². The van der Waals surface area contributed by atoms with E-state index in [4.69, 9.17) is 9.47 Å². The van der Waals surface area contributed by atoms with Crippen LogP contribution in [0.4, 0.5) is 0 Å². The van der Waals surface area contributed by atoms with Gasteiger partial charge in [0, 0.05) is 12.2 Å². The monoisotopic (exact) mass is 381 g/mol. The average Bonchev–Trinajstić information content (AvgIpc) is 3.15. The third-order valence-electron chi connectivity index (χ3n) is 4.48. The molecule has 0 saturated carbocycles. The van der Waals surface area contributed by atoms with E-state index in [-0.39, 0.29) is 0 Å². The average molecular weight is 382 g/mol. The largest absolute Gasteiger partial charge is 0.454 e. The van der Waals surface area contributed by atoms with Crippen LogP contribution in [0.2, 0.25) is 0 Å². The zero-order valence-corrected chi connectivity index (χ0v) is 17.5. The Balaban J connectivity index is 1.47. The van der Waals surface area contributed by atoms with E-state index in [9.17, 15) is 0 Å². The number of benzene rings is 1. The standard InChI is InChI=1S/C25H35NO2/c1-21(2)19-26-22(3)14-12-10-8-6-4-5-7-9-11-13-15-23-16-17-24-25(18-23)28-20-27-24/h8,10,12-18,21,26H,3-7,9,11,19-20H2,1-2H3/b10-8+,14-12+,15-13+. The molecule has 0 aliphatic carbocycles. The van der Waals surface area contributed by atoms with Crippen LogP contribution in [-0.4, -0.2) is 13.3 Å². The zero-order chi connectivity index (χ0) is 20.0. The highest BCUT2D eigenvalue weighted by atomic mass is 16.7. The first-order chi connectivity index (χ1) is 13.6. The van der Waals surface area contributed by atoms with Crippen molar-refractivity contribution in [3.63, 3.8) is 0 Å². The molecule has 1 heterocycles. The summed E-state index contributed by atoms with van der Waals surface area (Å²) in [4.78, 5) is 0. The Labute approximate surface area is 170 Å². The first-order valence-electron chi connectivity index (χ1n) is 10.5. The molecular weight excluding hydrogens is 346 g/mol. The van der Waals surface area contributed by atoms with E-state index in [0.29, 0.717) is 12.7 Å². The van der Waals surface area contributed by atoms with Gasteiger partial charge >= 0.3 is 0 Å². The first kappa shape index (κ1) is 21.9. The molecule has 0 bridgehead atoms. The summed E-state index contributed by atoms with van der Waals surface area (Å²) in [5, 5.41) is 3.31. The van der Waals surface area contributed by atoms with Crippen molar-refractivity contribution in [1.82, 2.24) is 5.32 Å². The third kappa shape index (κ3) is 8.98. The Kier molecular flexibility index (Phi) is 10.1. The predicted octanol–water partition coefficient (Wildman–Crippen LogP) is 6.64. The zero-order valence-electron chi connectivity index (χ0n) is 17.5. The first-order valence-corrected chi connectivity index (χ1v) is 10.5. The quantitative estimate of drug-likeness (QED) is 0.307. The van der Waals surface area contributed by atoms with Crippen molar-refractivity contribution in [2.75, 3.05) is 13.3 Å². The molecule has 0 fully saturated rings. The molecule has 1 aromatic rings. The van der Waals surface area contributed by atoms with Gasteiger partial charge in [-0.2, -0.15) is 0 Å². The maximum absolute atomic E-state index is 5.40. The number of unbranched alkanes of at least 4 members (excludes halogenated alkanes) is 5. The summed E-state index contributed by atoms with van der Waals surface area (Å²) in [7, 11) is 0. The predicted molar refractivity (Wildman–Crippen MR) is 120 cm³/mol. The van der Waals surface area contributed by atoms with Crippen LogP contribution in [0.1, 0.15) is 57.9 Å². The maximum Gasteiger partial charge on any atom is 0.231 e. The Hall–Kier alpha value is -2.42. The molecule has 0 amide bonds. The third-order valence-corrected chi connectivity index (χ3v) is 4.48. The molecular formula is C25H35NO2. The molecule has 3 heteroatoms. The van der Waals surface area contributed by atoms with Gasteiger partial charge in [0.05, 0.1) is 0 Å². The molecule has 0 atom stereocenters. The number of fused-ring (bicyclic) bond motifs is 1. The second kappa shape index (κ2) is 12.9. The maximum atomic E-state index is 5.40. The van der Waals surface area contributed by atoms with Crippen LogP contribution in [0.25, 0.3) is 6.08 Å². The van der Waals surface area contributed by atoms with Crippen LogP contribution in [0.5, 0.6) is 11.5 Å². The van der Waals surface area contributed by atoms with E-state index in [1.807, 2.05) is 18.2 Å². The Morgan fingerprint density at radius 3 is 2.57 bits per heavy atom. The van der Waals surface area contributed by atoms with Crippen molar-refractivity contribution in [3.05, 3.63) is 66.4 Å². The molecule has 0 unspecified atom stereocenters. The fourth-order valence-corrected chi connectivity index (χ4v) is 2.85. The summed E-state index contributed by atoms with van der Waals surface area (Å²) in [6.07, 6.45) is 20.2. The SMILES string of the molecule is C=C(/C=C/C=C/CCCCCC/C=C/c1ccc2c(c1)OCO2)NCC(C)C. The highest BCUT2D eigenvalue weighted by Crippen LogP contribution is 2.32. The molecule has 0 radical (unpaired) electrons. The lowest BCUT2D eigenvalue weighted by molar-refractivity contribution is 0.174. The lowest BCUT2D eigenvalue weighted by Gasteiger charge is -2.07. The number of hydrogen-bond donors (Lipinski definition) is 1. The second-order valence-corrected chi connectivity index (χ2v) is 7.59. The number of rotatable bonds is 13. The highest BCUT2D eigenvalue weighted by Gasteiger charge is 2.11. The van der Waals surface area contributed by atoms with Crippen molar-refractivity contribution in [1.29, 1.82) is 0 Å². The van der Waals surface area contributed by atoms with E-state index < -0.39 is 0 Å². The summed E-state index contributed by atoms with van der Waals surface area (Å²) >= 11 is 0. The molecule has 1 aliphatic heterocycles. The van der Waals surface area contributed by atoms with Gasteiger partial charge in [0.15, 0.2) is 11.5 Å². The Morgan fingerprint density at radius 1 is 1.04 bits per heavy atom. The van der Waals surface area contributed by atoms with Gasteiger partial charge in [-0.05, 0) is 55.4 Å². The molecule has 1 aliphatic rings. The lowest BCUT2D eigenvalue weighted by atomic mass is 10.1. The Bertz CT molecular complexity index is 686. The van der Waals surface area contributed by atoms with Crippen LogP contribution in [0, 0.1) is 5.92 Å². The fourth-order valence-electron chi connectivity index (χ4n) is 2.85. The van der Waals surface area contributed by atoms with Gasteiger partial charge in [-0.1, -0.05) is 69.7 Å². The van der Waals surface area contributed by atoms with Crippen molar-refractivity contribution >= 4 is 6.08 Å². The highest BCUT2D eigenvalue weighted by molar-refractivity contribution is 5.56. The van der Waals surface area contributed by atoms with Crippen molar-refractivity contribution in [2.45, 2.75) is 52.4 Å². The van der Waals surface area contributed by atoms with Crippen molar-refractivity contribution < 1.29 is 9.47 Å². The van der Waals surface area contributed by atoms with E-state index in [1.165, 1.54) is 31.2 Å². The fraction of sp³-hybridized carbons (Fsp3) is 0.440. The number of allylic oxidation sites excluding steroid dienone is 5. The molecule has 152 valence electrons. The van der Waals surface area contributed by atoms with Gasteiger partial charge in [-0.15, -0.1) is 0 Å². The van der Waals surface area contributed by atoms with Crippen molar-refractivity contribution in [2.24, 2.45) is 5.92 Å². The summed E-state index contributed by atoms with van der Waals surface area (Å²) in [6, 6.07) is 6.08. The molecule has 1 N–H and O–H groups in total. The molecule has 3 nitrogen and oxygen atoms in total. The van der Waals surface area contributed by atoms with Gasteiger partial charge in [0.2, 0.25) is 6.79 Å². The minimum atomic E-state index is 0.332. The van der Waals surface area contributed by atoms with E-state index in [2.05, 4.69) is 62.2 Å². The molecule has 28 heavy (non-hydrogen) atoms. The van der Waals surface area contributed by atoms with Gasteiger partial charge in [0.25, 0.3) is 0 Å². The molecule has 0 aromatic heterocycles. The van der Waals surface area contributed by atoms with Crippen molar-refractivity contribution in [3.8, 4) is 11.5 Å². The van der Waals surface area contributed by atoms with Crippen LogP contribution in [0.15, 0.2) is 60.9 Å². The minimum absolute atomic E-state index is 0.332. The van der Waals surface area contributed by atoms with Gasteiger partial charge in [-0.3, -0.25) is 0 Å². The number of hydrogen-bond acceptors (Lipinski definition) is 3. The van der Waals surface area contributed by atoms with Crippen LogP contribution in [0.3, 0.4) is 0 Å². The number of ether oxygens (including phenoxy) is 2. The van der Waals surface area contributed by atoms with Crippen LogP contribution < -0.4 is 14.8 Å². The summed E-state index contributed by atoms with van der Waals surface area (Å²) in [5.74, 6) is 2.33. The second-order valence-electron chi connectivity index (χ2n) is 7.59. The topological polar surface area (TPSA) is 30.5 Å². The van der Waals surface area contributed by atoms with Gasteiger partial charge in [0.1, 0.15) is 0 Å². The molecule has 2 rings (SSSR count). The summed E-state index contributed by atoms with van der Waals surface area (Å²) < 4.78 is 10.7. The van der Waals surface area contributed by atoms with E-state index >= 15 is 0 Å². The molecule has 1 aromatic carbocycles.